The second kappa shape index (κ2) is 6.32. The molecule has 0 aliphatic carbocycles. The quantitative estimate of drug-likeness (QED) is 0.935. The largest absolute Gasteiger partial charge is 0.377 e. The monoisotopic (exact) mass is 300 g/mol. The average Bonchev–Trinajstić information content (AvgIpc) is 2.96. The van der Waals surface area contributed by atoms with Gasteiger partial charge >= 0.3 is 0 Å². The van der Waals surface area contributed by atoms with Crippen molar-refractivity contribution in [2.24, 2.45) is 0 Å². The van der Waals surface area contributed by atoms with E-state index < -0.39 is 0 Å². The number of hydrogen-bond acceptors (Lipinski definition) is 3. The Morgan fingerprint density at radius 3 is 3.05 bits per heavy atom. The predicted octanol–water partition coefficient (Wildman–Crippen LogP) is 1.71. The zero-order valence-corrected chi connectivity index (χ0v) is 12.7. The summed E-state index contributed by atoms with van der Waals surface area (Å²) in [6.45, 7) is 4.00. The Morgan fingerprint density at radius 1 is 1.41 bits per heavy atom. The number of H-pyrrole nitrogens is 1. The van der Waals surface area contributed by atoms with Crippen molar-refractivity contribution in [2.45, 2.75) is 25.9 Å². The number of hydrogen-bond donors (Lipinski definition) is 1. The van der Waals surface area contributed by atoms with Crippen molar-refractivity contribution in [1.29, 1.82) is 0 Å². The van der Waals surface area contributed by atoms with Gasteiger partial charge in [-0.3, -0.25) is 9.59 Å². The van der Waals surface area contributed by atoms with E-state index >= 15 is 0 Å². The fourth-order valence-electron chi connectivity index (χ4n) is 2.96. The Hall–Kier alpha value is -2.14. The molecule has 5 nitrogen and oxygen atoms in total. The summed E-state index contributed by atoms with van der Waals surface area (Å²) in [5.74, 6) is 0.0353. The number of nitrogens with zero attached hydrogens (tertiary/aromatic N) is 1. The molecule has 1 aromatic heterocycles. The molecule has 1 saturated heterocycles. The van der Waals surface area contributed by atoms with E-state index in [1.807, 2.05) is 36.1 Å². The number of pyridine rings is 1. The van der Waals surface area contributed by atoms with E-state index in [1.54, 1.807) is 6.07 Å². The number of rotatable bonds is 4. The molecule has 1 aliphatic rings. The minimum atomic E-state index is -0.144. The maximum Gasteiger partial charge on any atom is 0.256 e. The van der Waals surface area contributed by atoms with Gasteiger partial charge in [0.25, 0.3) is 5.56 Å². The normalized spacial score (nSPS) is 18.0. The number of fused-ring (bicyclic) bond motifs is 1. The molecule has 2 heterocycles. The van der Waals surface area contributed by atoms with Crippen LogP contribution in [0.15, 0.2) is 35.1 Å². The highest BCUT2D eigenvalue weighted by Crippen LogP contribution is 2.15. The summed E-state index contributed by atoms with van der Waals surface area (Å²) in [4.78, 5) is 29.0. The Bertz CT molecular complexity index is 738. The van der Waals surface area contributed by atoms with Crippen LogP contribution in [0.5, 0.6) is 0 Å². The van der Waals surface area contributed by atoms with Gasteiger partial charge in [-0.2, -0.15) is 0 Å². The van der Waals surface area contributed by atoms with Crippen molar-refractivity contribution in [3.05, 3.63) is 46.4 Å². The van der Waals surface area contributed by atoms with Crippen LogP contribution in [0.1, 0.15) is 19.0 Å². The third-order valence-corrected chi connectivity index (χ3v) is 4.05. The number of amides is 1. The molecule has 1 amide bonds. The summed E-state index contributed by atoms with van der Waals surface area (Å²) in [6.07, 6.45) is 1.25. The first-order valence-electron chi connectivity index (χ1n) is 7.67. The maximum atomic E-state index is 12.4. The number of ether oxygens (including phenoxy) is 1. The molecule has 1 N–H and O–H groups in total. The molecular formula is C17H20N2O3. The Balaban J connectivity index is 1.73. The second-order valence-electron chi connectivity index (χ2n) is 5.59. The van der Waals surface area contributed by atoms with Gasteiger partial charge in [-0.25, -0.2) is 0 Å². The Kier molecular flexibility index (Phi) is 4.24. The highest BCUT2D eigenvalue weighted by atomic mass is 16.5. The number of nitrogens with one attached hydrogen (secondary N) is 1. The first-order chi connectivity index (χ1) is 10.7. The van der Waals surface area contributed by atoms with Crippen LogP contribution in [0.25, 0.3) is 10.8 Å². The average molecular weight is 300 g/mol. The van der Waals surface area contributed by atoms with Gasteiger partial charge in [-0.1, -0.05) is 18.2 Å². The van der Waals surface area contributed by atoms with E-state index in [0.717, 1.165) is 18.4 Å². The van der Waals surface area contributed by atoms with Crippen LogP contribution in [0.2, 0.25) is 0 Å². The first kappa shape index (κ1) is 14.8. The smallest absolute Gasteiger partial charge is 0.256 e. The molecule has 116 valence electrons. The van der Waals surface area contributed by atoms with Crippen LogP contribution >= 0.6 is 0 Å². The molecule has 0 radical (unpaired) electrons. The lowest BCUT2D eigenvalue weighted by molar-refractivity contribution is -0.130. The maximum absolute atomic E-state index is 12.4. The van der Waals surface area contributed by atoms with Crippen LogP contribution in [0.3, 0.4) is 0 Å². The lowest BCUT2D eigenvalue weighted by Crippen LogP contribution is -2.32. The zero-order valence-electron chi connectivity index (χ0n) is 12.7. The van der Waals surface area contributed by atoms with Crippen molar-refractivity contribution in [3.63, 3.8) is 0 Å². The van der Waals surface area contributed by atoms with Crippen molar-refractivity contribution in [3.8, 4) is 0 Å². The van der Waals surface area contributed by atoms with Crippen LogP contribution < -0.4 is 5.56 Å². The lowest BCUT2D eigenvalue weighted by atomic mass is 10.1. The number of likely N-dealkylation sites (tertiary alicyclic amines) is 1. The fourth-order valence-corrected chi connectivity index (χ4v) is 2.96. The SMILES string of the molecule is CCO[C@H]1CCN(C(=O)Cc2cc3ccccc3c(=O)[nH]2)C1. The fraction of sp³-hybridized carbons (Fsp3) is 0.412. The number of carbonyl (C=O) groups excluding carboxylic acids is 1. The topological polar surface area (TPSA) is 62.4 Å². The molecule has 1 aliphatic heterocycles. The van der Waals surface area contributed by atoms with E-state index in [4.69, 9.17) is 4.74 Å². The number of carbonyl (C=O) groups is 1. The molecule has 0 spiro atoms. The number of aromatic amines is 1. The molecule has 3 rings (SSSR count). The summed E-state index contributed by atoms with van der Waals surface area (Å²) in [6, 6.07) is 9.28. The molecule has 0 bridgehead atoms. The summed E-state index contributed by atoms with van der Waals surface area (Å²) in [7, 11) is 0. The Morgan fingerprint density at radius 2 is 2.23 bits per heavy atom. The second-order valence-corrected chi connectivity index (χ2v) is 5.59. The number of benzene rings is 1. The summed E-state index contributed by atoms with van der Waals surface area (Å²) in [5, 5.41) is 1.51. The summed E-state index contributed by atoms with van der Waals surface area (Å²) < 4.78 is 5.56. The van der Waals surface area contributed by atoms with Crippen LogP contribution in [0.4, 0.5) is 0 Å². The van der Waals surface area contributed by atoms with E-state index in [0.29, 0.717) is 24.2 Å². The van der Waals surface area contributed by atoms with Gasteiger partial charge in [0.1, 0.15) is 0 Å². The molecule has 1 aromatic carbocycles. The molecule has 2 aromatic rings. The predicted molar refractivity (Wildman–Crippen MR) is 84.9 cm³/mol. The van der Waals surface area contributed by atoms with Gasteiger partial charge in [-0.05, 0) is 30.9 Å². The molecule has 5 heteroatoms. The van der Waals surface area contributed by atoms with Crippen molar-refractivity contribution < 1.29 is 9.53 Å². The van der Waals surface area contributed by atoms with Gasteiger partial charge in [0.05, 0.1) is 12.5 Å². The van der Waals surface area contributed by atoms with Crippen molar-refractivity contribution >= 4 is 16.7 Å². The van der Waals surface area contributed by atoms with Gasteiger partial charge in [0.15, 0.2) is 0 Å². The lowest BCUT2D eigenvalue weighted by Gasteiger charge is -2.16. The molecule has 0 unspecified atom stereocenters. The van der Waals surface area contributed by atoms with Crippen LogP contribution in [-0.4, -0.2) is 41.6 Å². The van der Waals surface area contributed by atoms with E-state index in [9.17, 15) is 9.59 Å². The standard InChI is InChI=1S/C17H20N2O3/c1-2-22-14-7-8-19(11-14)16(20)10-13-9-12-5-3-4-6-15(12)17(21)18-13/h3-6,9,14H,2,7-8,10-11H2,1H3,(H,18,21)/t14-/m0/s1. The van der Waals surface area contributed by atoms with Crippen LogP contribution in [-0.2, 0) is 16.0 Å². The molecule has 0 saturated carbocycles. The highest BCUT2D eigenvalue weighted by Gasteiger charge is 2.26. The molecule has 1 fully saturated rings. The highest BCUT2D eigenvalue weighted by molar-refractivity contribution is 5.84. The Labute approximate surface area is 128 Å². The van der Waals surface area contributed by atoms with E-state index in [2.05, 4.69) is 4.98 Å². The van der Waals surface area contributed by atoms with Crippen molar-refractivity contribution in [1.82, 2.24) is 9.88 Å². The summed E-state index contributed by atoms with van der Waals surface area (Å²) >= 11 is 0. The molecular weight excluding hydrogens is 280 g/mol. The molecule has 22 heavy (non-hydrogen) atoms. The summed E-state index contributed by atoms with van der Waals surface area (Å²) in [5.41, 5.74) is 0.517. The minimum absolute atomic E-state index is 0.0353. The zero-order chi connectivity index (χ0) is 15.5. The van der Waals surface area contributed by atoms with Crippen LogP contribution in [0, 0.1) is 0 Å². The van der Waals surface area contributed by atoms with Crippen molar-refractivity contribution in [2.75, 3.05) is 19.7 Å². The first-order valence-corrected chi connectivity index (χ1v) is 7.67. The third-order valence-electron chi connectivity index (χ3n) is 4.05. The van der Waals surface area contributed by atoms with E-state index in [-0.39, 0.29) is 24.0 Å². The van der Waals surface area contributed by atoms with E-state index in [1.165, 1.54) is 0 Å². The van der Waals surface area contributed by atoms with Gasteiger partial charge < -0.3 is 14.6 Å². The van der Waals surface area contributed by atoms with Gasteiger partial charge in [0.2, 0.25) is 5.91 Å². The third kappa shape index (κ3) is 3.04. The minimum Gasteiger partial charge on any atom is -0.377 e. The van der Waals surface area contributed by atoms with Gasteiger partial charge in [0, 0.05) is 30.8 Å². The van der Waals surface area contributed by atoms with Gasteiger partial charge in [-0.15, -0.1) is 0 Å². The molecule has 1 atom stereocenters. The number of aromatic nitrogens is 1.